The van der Waals surface area contributed by atoms with Gasteiger partial charge in [-0.05, 0) is 81.9 Å². The summed E-state index contributed by atoms with van der Waals surface area (Å²) in [5.74, 6) is 0. The van der Waals surface area contributed by atoms with Crippen LogP contribution in [-0.4, -0.2) is 52.2 Å². The molecule has 8 rings (SSSR count). The van der Waals surface area contributed by atoms with Crippen LogP contribution in [0.5, 0.6) is 0 Å². The largest absolute Gasteiger partial charge is 0.402 e. The van der Waals surface area contributed by atoms with E-state index in [0.717, 1.165) is 24.2 Å². The van der Waals surface area contributed by atoms with E-state index >= 15 is 0 Å². The second-order valence-electron chi connectivity index (χ2n) is 13.3. The highest BCUT2D eigenvalue weighted by Gasteiger charge is 2.64. The number of ether oxygens (including phenoxy) is 2. The first-order valence-corrected chi connectivity index (χ1v) is 19.4. The molecule has 0 aliphatic carbocycles. The topological polar surface area (TPSA) is 43.2 Å². The Bertz CT molecular complexity index is 2060. The van der Waals surface area contributed by atoms with E-state index in [9.17, 15) is 26.3 Å². The molecular formula is C49H56F6N2O2. The van der Waals surface area contributed by atoms with E-state index in [0.29, 0.717) is 0 Å². The van der Waals surface area contributed by atoms with Crippen molar-refractivity contribution in [1.82, 2.24) is 0 Å². The maximum Gasteiger partial charge on any atom is 0.402 e. The third kappa shape index (κ3) is 13.9. The van der Waals surface area contributed by atoms with Crippen LogP contribution >= 0.6 is 0 Å². The van der Waals surface area contributed by atoms with Gasteiger partial charge in [0.25, 0.3) is 0 Å². The van der Waals surface area contributed by atoms with Gasteiger partial charge in [-0.2, -0.15) is 26.3 Å². The van der Waals surface area contributed by atoms with E-state index in [1.54, 1.807) is 28.4 Å². The van der Waals surface area contributed by atoms with Crippen molar-refractivity contribution in [3.63, 3.8) is 0 Å². The molecular weight excluding hydrogens is 763 g/mol. The van der Waals surface area contributed by atoms with Gasteiger partial charge in [-0.15, -0.1) is 0 Å². The van der Waals surface area contributed by atoms with E-state index < -0.39 is 17.8 Å². The van der Waals surface area contributed by atoms with Crippen LogP contribution in [0, 0.1) is 5.41 Å². The van der Waals surface area contributed by atoms with Gasteiger partial charge in [0.15, 0.2) is 5.41 Å². The van der Waals surface area contributed by atoms with Gasteiger partial charge in [0.05, 0.1) is 22.8 Å². The molecule has 0 aromatic heterocycles. The molecule has 0 saturated heterocycles. The first-order chi connectivity index (χ1) is 28.1. The number of halogens is 6. The number of hydrogen-bond acceptors (Lipinski definition) is 4. The van der Waals surface area contributed by atoms with Gasteiger partial charge in [-0.1, -0.05) is 137 Å². The van der Waals surface area contributed by atoms with E-state index in [4.69, 9.17) is 9.98 Å². The second kappa shape index (κ2) is 23.9. The Kier molecular flexibility index (Phi) is 20.2. The summed E-state index contributed by atoms with van der Waals surface area (Å²) in [6.07, 6.45) is -8.62. The fourth-order valence-corrected chi connectivity index (χ4v) is 5.53. The molecule has 0 spiro atoms. The number of hydrogen-bond donors (Lipinski definition) is 0. The van der Waals surface area contributed by atoms with Gasteiger partial charge in [-0.3, -0.25) is 9.98 Å². The summed E-state index contributed by atoms with van der Waals surface area (Å²) in [5.41, 5.74) is 6.08. The fourth-order valence-electron chi connectivity index (χ4n) is 5.53. The minimum Gasteiger partial charge on any atom is -0.388 e. The van der Waals surface area contributed by atoms with Gasteiger partial charge < -0.3 is 9.47 Å². The monoisotopic (exact) mass is 818 g/mol. The Labute approximate surface area is 345 Å². The van der Waals surface area contributed by atoms with Crippen molar-refractivity contribution in [2.24, 2.45) is 15.4 Å². The van der Waals surface area contributed by atoms with Crippen molar-refractivity contribution in [2.75, 3.05) is 28.4 Å². The molecule has 0 N–H and O–H groups in total. The first kappa shape index (κ1) is 49.8. The lowest BCUT2D eigenvalue weighted by atomic mass is 9.92. The van der Waals surface area contributed by atoms with Gasteiger partial charge >= 0.3 is 12.4 Å². The molecule has 2 heterocycles. The average Bonchev–Trinajstić information content (AvgIpc) is 3.85. The highest BCUT2D eigenvalue weighted by atomic mass is 19.4. The molecule has 10 heteroatoms. The third-order valence-electron chi connectivity index (χ3n) is 8.75. The highest BCUT2D eigenvalue weighted by molar-refractivity contribution is 6.08. The van der Waals surface area contributed by atoms with Crippen LogP contribution < -0.4 is 0 Å². The normalized spacial score (nSPS) is 12.3. The highest BCUT2D eigenvalue weighted by Crippen LogP contribution is 2.49. The zero-order valence-electron chi connectivity index (χ0n) is 35.6. The van der Waals surface area contributed by atoms with E-state index in [2.05, 4.69) is 131 Å². The van der Waals surface area contributed by atoms with Crippen LogP contribution in [0.3, 0.4) is 0 Å². The molecule has 2 aliphatic heterocycles. The molecule has 2 aliphatic rings. The summed E-state index contributed by atoms with van der Waals surface area (Å²) in [6, 6.07) is 46.7. The number of nitrogens with zero attached hydrogens (tertiary/aromatic N) is 2. The minimum absolute atomic E-state index is 0.104. The van der Waals surface area contributed by atoms with Gasteiger partial charge in [0.1, 0.15) is 0 Å². The molecule has 316 valence electrons. The van der Waals surface area contributed by atoms with Crippen LogP contribution in [0.4, 0.5) is 37.7 Å². The summed E-state index contributed by atoms with van der Waals surface area (Å²) < 4.78 is 78.2. The smallest absolute Gasteiger partial charge is 0.388 e. The Hall–Kier alpha value is -5.32. The van der Waals surface area contributed by atoms with Crippen LogP contribution in [0.2, 0.25) is 0 Å². The molecule has 6 aromatic rings. The van der Waals surface area contributed by atoms with Crippen LogP contribution in [0.25, 0.3) is 21.5 Å². The molecule has 0 saturated carbocycles. The minimum atomic E-state index is -5.24. The van der Waals surface area contributed by atoms with Crippen LogP contribution in [0.1, 0.15) is 63.8 Å². The number of methoxy groups -OCH3 is 2. The summed E-state index contributed by atoms with van der Waals surface area (Å²) in [4.78, 5) is 9.58. The molecule has 6 aromatic carbocycles. The van der Waals surface area contributed by atoms with Gasteiger partial charge in [0, 0.05) is 41.3 Å². The second-order valence-corrected chi connectivity index (χ2v) is 13.3. The summed E-state index contributed by atoms with van der Waals surface area (Å²) >= 11 is 0. The lowest BCUT2D eigenvalue weighted by molar-refractivity contribution is -0.327. The first-order valence-electron chi connectivity index (χ1n) is 19.4. The van der Waals surface area contributed by atoms with Gasteiger partial charge in [-0.25, -0.2) is 0 Å². The lowest BCUT2D eigenvalue weighted by Gasteiger charge is -2.29. The van der Waals surface area contributed by atoms with E-state index in [-0.39, 0.29) is 13.8 Å². The summed E-state index contributed by atoms with van der Waals surface area (Å²) in [7, 11) is 6.50. The van der Waals surface area contributed by atoms with Crippen molar-refractivity contribution in [1.29, 1.82) is 0 Å². The van der Waals surface area contributed by atoms with Crippen molar-refractivity contribution in [3.8, 4) is 0 Å². The standard InChI is InChI=1S/2C18H13N.C5H6F6.2C2H6O.2C2H6/c2*1-2-6-13(7-3-1)17-12-16-10-14-8-4-5-9-15(14)11-18(16)19-17;1-3(2,4(6,7)8)5(9,10)11;2*1-3-2;2*1-2/h2*1-11H,12H2;1-2H3;2*1-2H3;2*1-2H3. The third-order valence-corrected chi connectivity index (χ3v) is 8.75. The molecule has 0 atom stereocenters. The fraction of sp³-hybridized carbons (Fsp3) is 0.306. The zero-order chi connectivity index (χ0) is 44.2. The molecule has 4 nitrogen and oxygen atoms in total. The molecule has 0 bridgehead atoms. The maximum atomic E-state index is 11.6. The Morgan fingerprint density at radius 3 is 0.932 bits per heavy atom. The van der Waals surface area contributed by atoms with Crippen molar-refractivity contribution < 1.29 is 35.8 Å². The predicted octanol–water partition coefficient (Wildman–Crippen LogP) is 14.7. The number of aliphatic imine (C=N–C) groups is 2. The van der Waals surface area contributed by atoms with E-state index in [1.807, 2.05) is 39.8 Å². The van der Waals surface area contributed by atoms with Crippen LogP contribution in [0.15, 0.2) is 143 Å². The van der Waals surface area contributed by atoms with Crippen molar-refractivity contribution in [2.45, 2.75) is 66.7 Å². The maximum absolute atomic E-state index is 11.6. The number of benzene rings is 6. The van der Waals surface area contributed by atoms with Gasteiger partial charge in [0.2, 0.25) is 0 Å². The predicted molar refractivity (Wildman–Crippen MR) is 235 cm³/mol. The van der Waals surface area contributed by atoms with Crippen LogP contribution in [-0.2, 0) is 22.3 Å². The average molecular weight is 819 g/mol. The molecule has 0 radical (unpaired) electrons. The van der Waals surface area contributed by atoms with E-state index in [1.165, 1.54) is 55.2 Å². The Morgan fingerprint density at radius 2 is 0.678 bits per heavy atom. The SMILES string of the molecule is CC.CC.CC(C)(C(F)(F)F)C(F)(F)F.COC.COC.c1ccc(C2=Nc3cc4ccccc4cc3C2)cc1.c1ccc(C2=Nc3cc4ccccc4cc3C2)cc1. The Balaban J connectivity index is 0.000000283. The molecule has 0 amide bonds. The number of fused-ring (bicyclic) bond motifs is 4. The lowest BCUT2D eigenvalue weighted by Crippen LogP contribution is -2.44. The quantitative estimate of drug-likeness (QED) is 0.163. The summed E-state index contributed by atoms with van der Waals surface area (Å²) in [5, 5.41) is 5.12. The Morgan fingerprint density at radius 1 is 0.424 bits per heavy atom. The molecule has 59 heavy (non-hydrogen) atoms. The molecule has 0 fully saturated rings. The number of rotatable bonds is 2. The van der Waals surface area contributed by atoms with Crippen molar-refractivity contribution in [3.05, 3.63) is 156 Å². The molecule has 0 unspecified atom stereocenters. The van der Waals surface area contributed by atoms with Crippen molar-refractivity contribution >= 4 is 44.3 Å². The number of alkyl halides is 6. The zero-order valence-corrected chi connectivity index (χ0v) is 35.6. The summed E-state index contributed by atoms with van der Waals surface area (Å²) in [6.45, 7) is 8.21.